The zero-order chi connectivity index (χ0) is 15.6. The van der Waals surface area contributed by atoms with Gasteiger partial charge in [0.15, 0.2) is 23.1 Å². The Kier molecular flexibility index (Phi) is 4.13. The average Bonchev–Trinajstić information content (AvgIpc) is 2.43. The Hall–Kier alpha value is -2.15. The van der Waals surface area contributed by atoms with Gasteiger partial charge in [0.1, 0.15) is 4.90 Å². The van der Waals surface area contributed by atoms with E-state index in [2.05, 4.69) is 0 Å². The van der Waals surface area contributed by atoms with Gasteiger partial charge in [0.2, 0.25) is 0 Å². The van der Waals surface area contributed by atoms with E-state index in [4.69, 9.17) is 8.92 Å². The number of hydrogen-bond donors (Lipinski definition) is 0. The fourth-order valence-electron chi connectivity index (χ4n) is 1.64. The molecule has 0 heterocycles. The van der Waals surface area contributed by atoms with Crippen LogP contribution in [-0.2, 0) is 10.1 Å². The molecule has 0 aliphatic heterocycles. The van der Waals surface area contributed by atoms with Crippen LogP contribution in [0.25, 0.3) is 0 Å². The molecule has 0 atom stereocenters. The quantitative estimate of drug-likeness (QED) is 0.814. The highest BCUT2D eigenvalue weighted by atomic mass is 32.2. The third-order valence-electron chi connectivity index (χ3n) is 2.70. The van der Waals surface area contributed by atoms with E-state index in [0.717, 1.165) is 17.7 Å². The molecule has 0 unspecified atom stereocenters. The average molecular weight is 314 g/mol. The molecule has 0 aliphatic carbocycles. The van der Waals surface area contributed by atoms with Crippen molar-refractivity contribution in [3.63, 3.8) is 0 Å². The van der Waals surface area contributed by atoms with E-state index in [1.807, 2.05) is 0 Å². The highest BCUT2D eigenvalue weighted by Crippen LogP contribution is 2.30. The smallest absolute Gasteiger partial charge is 0.339 e. The van der Waals surface area contributed by atoms with Crippen LogP contribution < -0.4 is 8.92 Å². The minimum absolute atomic E-state index is 0.0344. The lowest BCUT2D eigenvalue weighted by Gasteiger charge is -2.11. The van der Waals surface area contributed by atoms with Crippen molar-refractivity contribution in [2.75, 3.05) is 7.11 Å². The molecule has 7 heteroatoms. The predicted octanol–water partition coefficient (Wildman–Crippen LogP) is 3.05. The lowest BCUT2D eigenvalue weighted by Crippen LogP contribution is -2.11. The van der Waals surface area contributed by atoms with E-state index in [0.29, 0.717) is 6.07 Å². The predicted molar refractivity (Wildman–Crippen MR) is 71.9 cm³/mol. The first-order valence-corrected chi connectivity index (χ1v) is 7.28. The largest absolute Gasteiger partial charge is 0.493 e. The van der Waals surface area contributed by atoms with Crippen LogP contribution in [0.2, 0.25) is 0 Å². The van der Waals surface area contributed by atoms with Gasteiger partial charge in [-0.15, -0.1) is 0 Å². The Balaban J connectivity index is 2.39. The maximum Gasteiger partial charge on any atom is 0.339 e. The van der Waals surface area contributed by atoms with Gasteiger partial charge in [-0.05, 0) is 42.8 Å². The van der Waals surface area contributed by atoms with Gasteiger partial charge in [-0.25, -0.2) is 8.78 Å². The fourth-order valence-corrected chi connectivity index (χ4v) is 2.60. The molecule has 0 saturated carbocycles. The van der Waals surface area contributed by atoms with Gasteiger partial charge in [-0.3, -0.25) is 0 Å². The summed E-state index contributed by atoms with van der Waals surface area (Å²) in [6.45, 7) is 1.80. The van der Waals surface area contributed by atoms with Crippen molar-refractivity contribution in [3.8, 4) is 11.5 Å². The Morgan fingerprint density at radius 2 is 1.67 bits per heavy atom. The molecule has 0 aliphatic rings. The van der Waals surface area contributed by atoms with Crippen LogP contribution in [0.1, 0.15) is 5.56 Å². The summed E-state index contributed by atoms with van der Waals surface area (Å²) in [5.41, 5.74) is 0.851. The molecule has 0 bridgehead atoms. The van der Waals surface area contributed by atoms with Gasteiger partial charge in [0, 0.05) is 0 Å². The van der Waals surface area contributed by atoms with Crippen LogP contribution in [0.4, 0.5) is 8.78 Å². The molecule has 0 N–H and O–H groups in total. The summed E-state index contributed by atoms with van der Waals surface area (Å²) in [6, 6.07) is 6.86. The third-order valence-corrected chi connectivity index (χ3v) is 3.93. The van der Waals surface area contributed by atoms with Gasteiger partial charge < -0.3 is 8.92 Å². The van der Waals surface area contributed by atoms with Crippen molar-refractivity contribution >= 4 is 10.1 Å². The first kappa shape index (κ1) is 15.2. The number of hydrogen-bond acceptors (Lipinski definition) is 4. The van der Waals surface area contributed by atoms with Crippen LogP contribution >= 0.6 is 0 Å². The summed E-state index contributed by atoms with van der Waals surface area (Å²) in [5.74, 6) is -2.22. The Morgan fingerprint density at radius 3 is 2.29 bits per heavy atom. The summed E-state index contributed by atoms with van der Waals surface area (Å²) in [6.07, 6.45) is 0. The molecule has 0 radical (unpaired) electrons. The molecular formula is C14H12F2O4S. The molecule has 2 aromatic rings. The van der Waals surface area contributed by atoms with Crippen LogP contribution in [0.15, 0.2) is 41.3 Å². The molecular weight excluding hydrogens is 302 g/mol. The standard InChI is InChI=1S/C14H12F2O4S/c1-9-3-6-13(14(7-9)19-2)20-21(17,18)10-4-5-11(15)12(16)8-10/h3-8H,1-2H3. The molecule has 112 valence electrons. The molecule has 2 rings (SSSR count). The molecule has 0 spiro atoms. The number of benzene rings is 2. The van der Waals surface area contributed by atoms with E-state index >= 15 is 0 Å². The van der Waals surface area contributed by atoms with Gasteiger partial charge in [0.05, 0.1) is 7.11 Å². The van der Waals surface area contributed by atoms with E-state index in [9.17, 15) is 17.2 Å². The van der Waals surface area contributed by atoms with E-state index in [1.54, 1.807) is 19.1 Å². The fraction of sp³-hybridized carbons (Fsp3) is 0.143. The normalized spacial score (nSPS) is 11.2. The van der Waals surface area contributed by atoms with Gasteiger partial charge >= 0.3 is 10.1 Å². The van der Waals surface area contributed by atoms with Gasteiger partial charge in [0.25, 0.3) is 0 Å². The highest BCUT2D eigenvalue weighted by molar-refractivity contribution is 7.87. The second-order valence-electron chi connectivity index (χ2n) is 4.27. The number of aryl methyl sites for hydroxylation is 1. The monoisotopic (exact) mass is 314 g/mol. The maximum atomic E-state index is 13.1. The molecule has 0 saturated heterocycles. The number of methoxy groups -OCH3 is 1. The molecule has 0 fully saturated rings. The zero-order valence-corrected chi connectivity index (χ0v) is 12.1. The molecule has 21 heavy (non-hydrogen) atoms. The van der Waals surface area contributed by atoms with E-state index in [-0.39, 0.29) is 11.5 Å². The summed E-state index contributed by atoms with van der Waals surface area (Å²) in [7, 11) is -2.92. The first-order chi connectivity index (χ1) is 9.83. The third kappa shape index (κ3) is 3.30. The first-order valence-electron chi connectivity index (χ1n) is 5.87. The second kappa shape index (κ2) is 5.69. The molecule has 0 amide bonds. The maximum absolute atomic E-state index is 13.1. The lowest BCUT2D eigenvalue weighted by molar-refractivity contribution is 0.390. The number of ether oxygens (including phenoxy) is 1. The lowest BCUT2D eigenvalue weighted by atomic mass is 10.2. The zero-order valence-electron chi connectivity index (χ0n) is 11.3. The van der Waals surface area contributed by atoms with Crippen molar-refractivity contribution in [1.82, 2.24) is 0 Å². The van der Waals surface area contributed by atoms with Crippen LogP contribution in [-0.4, -0.2) is 15.5 Å². The highest BCUT2D eigenvalue weighted by Gasteiger charge is 2.20. The summed E-state index contributed by atoms with van der Waals surface area (Å²) in [4.78, 5) is -0.482. The number of halogens is 2. The van der Waals surface area contributed by atoms with Crippen molar-refractivity contribution in [2.24, 2.45) is 0 Å². The van der Waals surface area contributed by atoms with Crippen LogP contribution in [0, 0.1) is 18.6 Å². The van der Waals surface area contributed by atoms with E-state index < -0.39 is 26.6 Å². The van der Waals surface area contributed by atoms with Crippen molar-refractivity contribution < 1.29 is 26.1 Å². The van der Waals surface area contributed by atoms with Crippen molar-refractivity contribution in [3.05, 3.63) is 53.6 Å². The minimum Gasteiger partial charge on any atom is -0.493 e. The van der Waals surface area contributed by atoms with Crippen molar-refractivity contribution in [2.45, 2.75) is 11.8 Å². The van der Waals surface area contributed by atoms with Gasteiger partial charge in [-0.2, -0.15) is 8.42 Å². The molecule has 2 aromatic carbocycles. The summed E-state index contributed by atoms with van der Waals surface area (Å²) in [5, 5.41) is 0. The van der Waals surface area contributed by atoms with Crippen LogP contribution in [0.3, 0.4) is 0 Å². The number of rotatable bonds is 4. The van der Waals surface area contributed by atoms with Gasteiger partial charge in [-0.1, -0.05) is 6.07 Å². The SMILES string of the molecule is COc1cc(C)ccc1OS(=O)(=O)c1ccc(F)c(F)c1. The van der Waals surface area contributed by atoms with Crippen molar-refractivity contribution in [1.29, 1.82) is 0 Å². The molecule has 4 nitrogen and oxygen atoms in total. The summed E-state index contributed by atoms with van der Waals surface area (Å²) < 4.78 is 60.0. The summed E-state index contributed by atoms with van der Waals surface area (Å²) >= 11 is 0. The Bertz CT molecular complexity index is 773. The topological polar surface area (TPSA) is 52.6 Å². The van der Waals surface area contributed by atoms with E-state index in [1.165, 1.54) is 13.2 Å². The van der Waals surface area contributed by atoms with Crippen LogP contribution in [0.5, 0.6) is 11.5 Å². The Labute approximate surface area is 121 Å². The second-order valence-corrected chi connectivity index (χ2v) is 5.81. The molecule has 0 aromatic heterocycles. The Morgan fingerprint density at radius 1 is 0.952 bits per heavy atom. The minimum atomic E-state index is -4.28.